The van der Waals surface area contributed by atoms with Crippen molar-refractivity contribution in [2.75, 3.05) is 11.9 Å². The molecule has 0 unspecified atom stereocenters. The standard InChI is InChI=1S/C21H21N7O/c1-13-16(8-9-22-15-6-4-3-5-7-15)14(2)25-18(13)12-17-19(26-28-21(17)29)20-23-10-11-24-27-20/h3-7,10-12,22,25H,8-9H2,1-2H3,(H,28,29)/b17-12+. The summed E-state index contributed by atoms with van der Waals surface area (Å²) in [6.07, 6.45) is 5.66. The van der Waals surface area contributed by atoms with Crippen LogP contribution in [0, 0.1) is 13.8 Å². The van der Waals surface area contributed by atoms with E-state index in [1.54, 1.807) is 6.08 Å². The van der Waals surface area contributed by atoms with E-state index in [0.29, 0.717) is 17.1 Å². The Bertz CT molecular complexity index is 1080. The summed E-state index contributed by atoms with van der Waals surface area (Å²) in [4.78, 5) is 19.8. The average Bonchev–Trinajstić information content (AvgIpc) is 3.24. The Balaban J connectivity index is 1.55. The van der Waals surface area contributed by atoms with Gasteiger partial charge in [-0.25, -0.2) is 10.4 Å². The number of hydrogen-bond acceptors (Lipinski definition) is 6. The molecule has 1 amide bonds. The molecule has 0 atom stereocenters. The molecule has 1 aliphatic heterocycles. The van der Waals surface area contributed by atoms with Crippen LogP contribution in [0.4, 0.5) is 5.69 Å². The summed E-state index contributed by atoms with van der Waals surface area (Å²) in [5.74, 6) is 0.0247. The maximum Gasteiger partial charge on any atom is 0.273 e. The Hall–Kier alpha value is -3.81. The van der Waals surface area contributed by atoms with Crippen LogP contribution in [0.15, 0.2) is 53.4 Å². The molecule has 146 valence electrons. The lowest BCUT2D eigenvalue weighted by atomic mass is 10.0. The van der Waals surface area contributed by atoms with Crippen LogP contribution in [0.5, 0.6) is 0 Å². The molecule has 3 N–H and O–H groups in total. The van der Waals surface area contributed by atoms with Gasteiger partial charge in [-0.1, -0.05) is 18.2 Å². The number of para-hydroxylation sites is 1. The molecule has 3 heterocycles. The van der Waals surface area contributed by atoms with Crippen LogP contribution in [0.2, 0.25) is 0 Å². The minimum Gasteiger partial charge on any atom is -0.385 e. The first-order chi connectivity index (χ1) is 14.1. The van der Waals surface area contributed by atoms with E-state index >= 15 is 0 Å². The van der Waals surface area contributed by atoms with Crippen LogP contribution < -0.4 is 10.7 Å². The van der Waals surface area contributed by atoms with Gasteiger partial charge in [-0.2, -0.15) is 10.2 Å². The smallest absolute Gasteiger partial charge is 0.273 e. The second kappa shape index (κ2) is 8.05. The number of carbonyl (C=O) groups excluding carboxylic acids is 1. The van der Waals surface area contributed by atoms with Gasteiger partial charge in [-0.05, 0) is 49.6 Å². The van der Waals surface area contributed by atoms with Gasteiger partial charge in [-0.3, -0.25) is 4.79 Å². The summed E-state index contributed by atoms with van der Waals surface area (Å²) in [5.41, 5.74) is 8.68. The molecule has 0 saturated heterocycles. The molecular weight excluding hydrogens is 366 g/mol. The number of amides is 1. The SMILES string of the molecule is Cc1[nH]c(/C=C2/C(=O)NN=C2c2nccnn2)c(C)c1CCNc1ccccc1. The monoisotopic (exact) mass is 387 g/mol. The van der Waals surface area contributed by atoms with Crippen LogP contribution in [0.25, 0.3) is 6.08 Å². The number of hydrazone groups is 1. The van der Waals surface area contributed by atoms with Crippen molar-refractivity contribution in [3.05, 3.63) is 76.6 Å². The number of H-pyrrole nitrogens is 1. The Morgan fingerprint density at radius 1 is 1.14 bits per heavy atom. The number of nitrogens with one attached hydrogen (secondary N) is 3. The highest BCUT2D eigenvalue weighted by atomic mass is 16.2. The van der Waals surface area contributed by atoms with E-state index in [1.165, 1.54) is 18.0 Å². The summed E-state index contributed by atoms with van der Waals surface area (Å²) >= 11 is 0. The molecule has 2 aromatic heterocycles. The Morgan fingerprint density at radius 3 is 2.72 bits per heavy atom. The molecule has 29 heavy (non-hydrogen) atoms. The number of aromatic nitrogens is 4. The molecule has 0 aliphatic carbocycles. The Morgan fingerprint density at radius 2 is 1.97 bits per heavy atom. The lowest BCUT2D eigenvalue weighted by molar-refractivity contribution is -0.116. The molecule has 1 aromatic carbocycles. The van der Waals surface area contributed by atoms with Crippen molar-refractivity contribution in [1.29, 1.82) is 0 Å². The van der Waals surface area contributed by atoms with Crippen molar-refractivity contribution in [1.82, 2.24) is 25.6 Å². The molecule has 0 saturated carbocycles. The second-order valence-corrected chi connectivity index (χ2v) is 6.74. The molecular formula is C21H21N7O. The van der Waals surface area contributed by atoms with Crippen molar-refractivity contribution in [3.63, 3.8) is 0 Å². The number of anilines is 1. The number of carbonyl (C=O) groups is 1. The van der Waals surface area contributed by atoms with Crippen molar-refractivity contribution in [2.45, 2.75) is 20.3 Å². The summed E-state index contributed by atoms with van der Waals surface area (Å²) in [6.45, 7) is 4.91. The molecule has 8 nitrogen and oxygen atoms in total. The molecule has 3 aromatic rings. The summed E-state index contributed by atoms with van der Waals surface area (Å²) in [6, 6.07) is 10.1. The predicted octanol–water partition coefficient (Wildman–Crippen LogP) is 2.39. The molecule has 0 radical (unpaired) electrons. The van der Waals surface area contributed by atoms with Gasteiger partial charge in [0, 0.05) is 29.8 Å². The van der Waals surface area contributed by atoms with Gasteiger partial charge in [0.25, 0.3) is 5.91 Å². The maximum absolute atomic E-state index is 12.3. The van der Waals surface area contributed by atoms with E-state index in [4.69, 9.17) is 0 Å². The minimum absolute atomic E-state index is 0.286. The first kappa shape index (κ1) is 18.5. The molecule has 1 aliphatic rings. The predicted molar refractivity (Wildman–Crippen MR) is 111 cm³/mol. The molecule has 0 bridgehead atoms. The van der Waals surface area contributed by atoms with Gasteiger partial charge >= 0.3 is 0 Å². The van der Waals surface area contributed by atoms with E-state index in [-0.39, 0.29) is 5.91 Å². The topological polar surface area (TPSA) is 108 Å². The fourth-order valence-electron chi connectivity index (χ4n) is 3.36. The number of hydrogen-bond donors (Lipinski definition) is 3. The average molecular weight is 387 g/mol. The van der Waals surface area contributed by atoms with Crippen LogP contribution in [-0.2, 0) is 11.2 Å². The number of aryl methyl sites for hydroxylation is 1. The van der Waals surface area contributed by atoms with Gasteiger partial charge in [0.15, 0.2) is 0 Å². The zero-order valence-corrected chi connectivity index (χ0v) is 16.2. The van der Waals surface area contributed by atoms with E-state index in [2.05, 4.69) is 42.9 Å². The first-order valence-electron chi connectivity index (χ1n) is 9.34. The third-order valence-electron chi connectivity index (χ3n) is 4.86. The molecule has 0 spiro atoms. The summed E-state index contributed by atoms with van der Waals surface area (Å²) in [5, 5.41) is 15.3. The van der Waals surface area contributed by atoms with Gasteiger partial charge in [0.05, 0.1) is 11.8 Å². The summed E-state index contributed by atoms with van der Waals surface area (Å²) in [7, 11) is 0. The van der Waals surface area contributed by atoms with Crippen molar-refractivity contribution in [2.24, 2.45) is 5.10 Å². The fourth-order valence-corrected chi connectivity index (χ4v) is 3.36. The highest BCUT2D eigenvalue weighted by molar-refractivity contribution is 6.32. The van der Waals surface area contributed by atoms with Crippen molar-refractivity contribution in [3.8, 4) is 0 Å². The zero-order valence-electron chi connectivity index (χ0n) is 16.2. The van der Waals surface area contributed by atoms with E-state index in [0.717, 1.165) is 35.6 Å². The largest absolute Gasteiger partial charge is 0.385 e. The van der Waals surface area contributed by atoms with Crippen LogP contribution in [0.1, 0.15) is 28.3 Å². The third kappa shape index (κ3) is 3.91. The number of rotatable bonds is 6. The highest BCUT2D eigenvalue weighted by Gasteiger charge is 2.27. The van der Waals surface area contributed by atoms with Gasteiger partial charge in [0.2, 0.25) is 5.82 Å². The van der Waals surface area contributed by atoms with Crippen LogP contribution in [-0.4, -0.2) is 38.3 Å². The van der Waals surface area contributed by atoms with Crippen LogP contribution in [0.3, 0.4) is 0 Å². The van der Waals surface area contributed by atoms with E-state index < -0.39 is 0 Å². The summed E-state index contributed by atoms with van der Waals surface area (Å²) < 4.78 is 0. The van der Waals surface area contributed by atoms with Gasteiger partial charge < -0.3 is 10.3 Å². The molecule has 8 heteroatoms. The Labute approximate surface area is 168 Å². The fraction of sp³-hybridized carbons (Fsp3) is 0.190. The normalized spacial score (nSPS) is 14.8. The van der Waals surface area contributed by atoms with Gasteiger partial charge in [-0.15, -0.1) is 5.10 Å². The van der Waals surface area contributed by atoms with Crippen molar-refractivity contribution < 1.29 is 4.79 Å². The first-order valence-corrected chi connectivity index (χ1v) is 9.34. The third-order valence-corrected chi connectivity index (χ3v) is 4.86. The number of benzene rings is 1. The maximum atomic E-state index is 12.3. The minimum atomic E-state index is -0.286. The highest BCUT2D eigenvalue weighted by Crippen LogP contribution is 2.23. The Kier molecular flexibility index (Phi) is 5.15. The zero-order chi connectivity index (χ0) is 20.2. The quantitative estimate of drug-likeness (QED) is 0.563. The second-order valence-electron chi connectivity index (χ2n) is 6.74. The number of aromatic amines is 1. The molecule has 0 fully saturated rings. The molecule has 4 rings (SSSR count). The number of nitrogens with zero attached hydrogens (tertiary/aromatic N) is 4. The van der Waals surface area contributed by atoms with E-state index in [1.807, 2.05) is 37.3 Å². The van der Waals surface area contributed by atoms with Gasteiger partial charge in [0.1, 0.15) is 5.71 Å². The lowest BCUT2D eigenvalue weighted by Crippen LogP contribution is -2.15. The van der Waals surface area contributed by atoms with Crippen molar-refractivity contribution >= 4 is 23.4 Å². The van der Waals surface area contributed by atoms with E-state index in [9.17, 15) is 4.79 Å². The van der Waals surface area contributed by atoms with Crippen LogP contribution >= 0.6 is 0 Å². The lowest BCUT2D eigenvalue weighted by Gasteiger charge is -2.07.